The van der Waals surface area contributed by atoms with E-state index in [1.54, 1.807) is 0 Å². The second-order valence-corrected chi connectivity index (χ2v) is 7.22. The van der Waals surface area contributed by atoms with Crippen molar-refractivity contribution < 1.29 is 0 Å². The zero-order valence-corrected chi connectivity index (χ0v) is 12.2. The van der Waals surface area contributed by atoms with Gasteiger partial charge in [0.25, 0.3) is 0 Å². The molecular formula is C14H21NS2. The van der Waals surface area contributed by atoms with Gasteiger partial charge in [-0.15, -0.1) is 0 Å². The Labute approximate surface area is 113 Å². The van der Waals surface area contributed by atoms with E-state index in [1.807, 2.05) is 0 Å². The lowest BCUT2D eigenvalue weighted by molar-refractivity contribution is 0.630. The third-order valence-corrected chi connectivity index (χ3v) is 6.68. The molecule has 1 aliphatic rings. The zero-order chi connectivity index (χ0) is 12.3. The van der Waals surface area contributed by atoms with Gasteiger partial charge in [0.1, 0.15) is 0 Å². The van der Waals surface area contributed by atoms with Gasteiger partial charge in [0.05, 0.1) is 0 Å². The highest BCUT2D eigenvalue weighted by molar-refractivity contribution is 8.07. The first-order valence-electron chi connectivity index (χ1n) is 6.27. The van der Waals surface area contributed by atoms with E-state index in [1.165, 1.54) is 29.1 Å². The normalized spacial score (nSPS) is 26.8. The Morgan fingerprint density at radius 2 is 1.88 bits per heavy atom. The first-order chi connectivity index (χ1) is 8.22. The van der Waals surface area contributed by atoms with Gasteiger partial charge in [-0.1, -0.05) is 36.8 Å². The molecule has 17 heavy (non-hydrogen) atoms. The first-order valence-corrected chi connectivity index (χ1v) is 8.37. The number of rotatable bonds is 3. The minimum Gasteiger partial charge on any atom is -0.323 e. The SMILES string of the molecule is CCC1SCCSC1C(N)c1ccc(C)cc1. The van der Waals surface area contributed by atoms with E-state index in [0.29, 0.717) is 10.5 Å². The molecule has 3 heteroatoms. The van der Waals surface area contributed by atoms with Gasteiger partial charge >= 0.3 is 0 Å². The third-order valence-electron chi connectivity index (χ3n) is 3.31. The van der Waals surface area contributed by atoms with E-state index in [0.717, 1.165) is 0 Å². The monoisotopic (exact) mass is 267 g/mol. The summed E-state index contributed by atoms with van der Waals surface area (Å²) in [6.07, 6.45) is 1.22. The van der Waals surface area contributed by atoms with Crippen molar-refractivity contribution >= 4 is 23.5 Å². The summed E-state index contributed by atoms with van der Waals surface area (Å²) in [7, 11) is 0. The van der Waals surface area contributed by atoms with Gasteiger partial charge in [-0.2, -0.15) is 23.5 Å². The van der Waals surface area contributed by atoms with Crippen LogP contribution < -0.4 is 5.73 Å². The van der Waals surface area contributed by atoms with Crippen LogP contribution in [-0.4, -0.2) is 22.0 Å². The van der Waals surface area contributed by atoms with Crippen molar-refractivity contribution in [2.24, 2.45) is 5.73 Å². The molecule has 0 spiro atoms. The highest BCUT2D eigenvalue weighted by Gasteiger charge is 2.30. The van der Waals surface area contributed by atoms with Crippen LogP contribution in [-0.2, 0) is 0 Å². The molecule has 1 nitrogen and oxygen atoms in total. The Kier molecular flexibility index (Phi) is 4.83. The number of benzene rings is 1. The van der Waals surface area contributed by atoms with Crippen LogP contribution in [0.2, 0.25) is 0 Å². The van der Waals surface area contributed by atoms with Gasteiger partial charge in [-0.3, -0.25) is 0 Å². The fourth-order valence-electron chi connectivity index (χ4n) is 2.25. The summed E-state index contributed by atoms with van der Waals surface area (Å²) >= 11 is 4.15. The van der Waals surface area contributed by atoms with E-state index < -0.39 is 0 Å². The van der Waals surface area contributed by atoms with Crippen molar-refractivity contribution in [1.29, 1.82) is 0 Å². The molecule has 2 N–H and O–H groups in total. The minimum atomic E-state index is 0.179. The molecule has 94 valence electrons. The van der Waals surface area contributed by atoms with Crippen molar-refractivity contribution in [2.45, 2.75) is 36.8 Å². The summed E-state index contributed by atoms with van der Waals surface area (Å²) in [5.41, 5.74) is 9.04. The zero-order valence-electron chi connectivity index (χ0n) is 10.6. The van der Waals surface area contributed by atoms with E-state index >= 15 is 0 Å². The van der Waals surface area contributed by atoms with Gasteiger partial charge in [-0.05, 0) is 18.9 Å². The molecule has 3 unspecified atom stereocenters. The maximum Gasteiger partial charge on any atom is 0.0426 e. The lowest BCUT2D eigenvalue weighted by Gasteiger charge is -2.34. The lowest BCUT2D eigenvalue weighted by Crippen LogP contribution is -2.35. The molecule has 0 bridgehead atoms. The van der Waals surface area contributed by atoms with Crippen molar-refractivity contribution in [1.82, 2.24) is 0 Å². The molecule has 0 aromatic heterocycles. The number of thioether (sulfide) groups is 2. The summed E-state index contributed by atoms with van der Waals surface area (Å²) in [5, 5.41) is 1.28. The molecular weight excluding hydrogens is 246 g/mol. The number of hydrogen-bond acceptors (Lipinski definition) is 3. The molecule has 1 aromatic carbocycles. The van der Waals surface area contributed by atoms with Crippen LogP contribution in [0.25, 0.3) is 0 Å². The van der Waals surface area contributed by atoms with Crippen LogP contribution in [0, 0.1) is 6.92 Å². The Morgan fingerprint density at radius 1 is 1.24 bits per heavy atom. The van der Waals surface area contributed by atoms with E-state index in [2.05, 4.69) is 61.6 Å². The Hall–Kier alpha value is -0.120. The quantitative estimate of drug-likeness (QED) is 0.906. The van der Waals surface area contributed by atoms with Crippen LogP contribution in [0.3, 0.4) is 0 Å². The molecule has 0 aliphatic carbocycles. The molecule has 0 radical (unpaired) electrons. The first kappa shape index (κ1) is 13.3. The predicted molar refractivity (Wildman–Crippen MR) is 80.9 cm³/mol. The maximum atomic E-state index is 6.45. The standard InChI is InChI=1S/C14H21NS2/c1-3-12-14(17-9-8-16-12)13(15)11-6-4-10(2)5-7-11/h4-7,12-14H,3,8-9,15H2,1-2H3. The average Bonchev–Trinajstić information content (AvgIpc) is 2.39. The second-order valence-electron chi connectivity index (χ2n) is 4.59. The van der Waals surface area contributed by atoms with E-state index in [9.17, 15) is 0 Å². The number of aryl methyl sites for hydroxylation is 1. The fraction of sp³-hybridized carbons (Fsp3) is 0.571. The van der Waals surface area contributed by atoms with Gasteiger partial charge in [0, 0.05) is 28.0 Å². The van der Waals surface area contributed by atoms with Crippen LogP contribution >= 0.6 is 23.5 Å². The van der Waals surface area contributed by atoms with Crippen molar-refractivity contribution in [3.8, 4) is 0 Å². The van der Waals surface area contributed by atoms with Crippen molar-refractivity contribution in [2.75, 3.05) is 11.5 Å². The average molecular weight is 267 g/mol. The largest absolute Gasteiger partial charge is 0.323 e. The van der Waals surface area contributed by atoms with E-state index in [4.69, 9.17) is 5.73 Å². The molecule has 2 rings (SSSR count). The molecule has 1 fully saturated rings. The molecule has 0 saturated carbocycles. The third kappa shape index (κ3) is 3.21. The van der Waals surface area contributed by atoms with E-state index in [-0.39, 0.29) is 6.04 Å². The molecule has 1 heterocycles. The molecule has 0 amide bonds. The van der Waals surface area contributed by atoms with Crippen LogP contribution in [0.1, 0.15) is 30.5 Å². The van der Waals surface area contributed by atoms with Gasteiger partial charge in [-0.25, -0.2) is 0 Å². The molecule has 1 aliphatic heterocycles. The fourth-order valence-corrected chi connectivity index (χ4v) is 5.43. The number of hydrogen-bond donors (Lipinski definition) is 1. The Morgan fingerprint density at radius 3 is 2.53 bits per heavy atom. The topological polar surface area (TPSA) is 26.0 Å². The predicted octanol–water partition coefficient (Wildman–Crippen LogP) is 3.62. The lowest BCUT2D eigenvalue weighted by atomic mass is 10.00. The van der Waals surface area contributed by atoms with Crippen LogP contribution in [0.5, 0.6) is 0 Å². The van der Waals surface area contributed by atoms with Crippen LogP contribution in [0.15, 0.2) is 24.3 Å². The maximum absolute atomic E-state index is 6.45. The molecule has 1 saturated heterocycles. The summed E-state index contributed by atoms with van der Waals surface area (Å²) in [6.45, 7) is 4.40. The summed E-state index contributed by atoms with van der Waals surface area (Å²) in [4.78, 5) is 0. The highest BCUT2D eigenvalue weighted by Crippen LogP contribution is 2.39. The van der Waals surface area contributed by atoms with Gasteiger partial charge < -0.3 is 5.73 Å². The summed E-state index contributed by atoms with van der Waals surface area (Å²) in [6, 6.07) is 8.88. The Bertz CT molecular complexity index is 350. The molecule has 1 aromatic rings. The smallest absolute Gasteiger partial charge is 0.0426 e. The molecule has 3 atom stereocenters. The van der Waals surface area contributed by atoms with Crippen molar-refractivity contribution in [3.05, 3.63) is 35.4 Å². The van der Waals surface area contributed by atoms with Crippen LogP contribution in [0.4, 0.5) is 0 Å². The summed E-state index contributed by atoms with van der Waals surface area (Å²) in [5.74, 6) is 2.52. The van der Waals surface area contributed by atoms with Crippen molar-refractivity contribution in [3.63, 3.8) is 0 Å². The second kappa shape index (κ2) is 6.17. The van der Waals surface area contributed by atoms with Gasteiger partial charge in [0.2, 0.25) is 0 Å². The highest BCUT2D eigenvalue weighted by atomic mass is 32.2. The number of nitrogens with two attached hydrogens (primary N) is 1. The minimum absolute atomic E-state index is 0.179. The Balaban J connectivity index is 2.12. The summed E-state index contributed by atoms with van der Waals surface area (Å²) < 4.78 is 0. The van der Waals surface area contributed by atoms with Gasteiger partial charge in [0.15, 0.2) is 0 Å².